The summed E-state index contributed by atoms with van der Waals surface area (Å²) >= 11 is 0. The van der Waals surface area contributed by atoms with Gasteiger partial charge in [0.05, 0.1) is 34.4 Å². The van der Waals surface area contributed by atoms with Gasteiger partial charge in [-0.15, -0.1) is 0 Å². The summed E-state index contributed by atoms with van der Waals surface area (Å²) in [6.45, 7) is 5.48. The van der Waals surface area contributed by atoms with Crippen molar-refractivity contribution < 1.29 is 37.3 Å². The smallest absolute Gasteiger partial charge is 0.457 e. The van der Waals surface area contributed by atoms with E-state index < -0.39 is 13.9 Å². The third kappa shape index (κ3) is 52.6. The van der Waals surface area contributed by atoms with Gasteiger partial charge in [0.15, 0.2) is 0 Å². The van der Waals surface area contributed by atoms with Gasteiger partial charge in [0, 0.05) is 13.0 Å². The monoisotopic (exact) mass is 945 g/mol. The molecule has 0 saturated carbocycles. The molecule has 0 aliphatic carbocycles. The second-order valence-corrected chi connectivity index (χ2v) is 20.3. The van der Waals surface area contributed by atoms with Crippen LogP contribution < -0.4 is 0 Å². The van der Waals surface area contributed by atoms with E-state index in [0.717, 1.165) is 83.5 Å². The highest BCUT2D eigenvalue weighted by Gasteiger charge is 2.26. The van der Waals surface area contributed by atoms with E-state index in [4.69, 9.17) is 18.5 Å². The predicted octanol–water partition coefficient (Wildman–Crippen LogP) is 16.8. The number of carbonyl (C=O) groups is 1. The van der Waals surface area contributed by atoms with Crippen molar-refractivity contribution in [2.45, 2.75) is 219 Å². The predicted molar refractivity (Wildman–Crippen MR) is 284 cm³/mol. The number of unbranched alkanes of at least 4 members (excludes halogenated alkanes) is 21. The Morgan fingerprint density at radius 2 is 0.879 bits per heavy atom. The molecule has 0 aliphatic heterocycles. The standard InChI is InChI=1S/C57H102NO7P/c1-6-8-10-12-14-16-18-20-22-24-26-27-28-29-30-31-32-34-36-38-40-42-44-46-48-50-57(59)65-56(55-64-66(60,61)63-53-51-58(3,4)5)54-62-52-49-47-45-43-41-39-37-35-33-25-23-21-19-17-15-13-11-9-7-2/h8,10,14,16,20,22,26-27,29-30,32,34,38,40,56H,6-7,9,11-13,15,17-19,21,23-25,28,31,33,35-37,39,41-55H2,1-5H3/p+1/b10-8-,16-14-,22-20-,27-26-,30-29-,34-32-,40-38-. The van der Waals surface area contributed by atoms with Gasteiger partial charge >= 0.3 is 13.8 Å². The lowest BCUT2D eigenvalue weighted by molar-refractivity contribution is -0.870. The molecule has 0 amide bonds. The third-order valence-electron chi connectivity index (χ3n) is 11.2. The summed E-state index contributed by atoms with van der Waals surface area (Å²) in [5.74, 6) is -0.345. The Morgan fingerprint density at radius 1 is 0.485 bits per heavy atom. The Kier molecular flexibility index (Phi) is 47.4. The molecule has 66 heavy (non-hydrogen) atoms. The number of phosphoric ester groups is 1. The lowest BCUT2D eigenvalue weighted by Crippen LogP contribution is -2.37. The van der Waals surface area contributed by atoms with Crippen LogP contribution in [0.5, 0.6) is 0 Å². The van der Waals surface area contributed by atoms with E-state index in [1.54, 1.807) is 0 Å². The molecule has 2 unspecified atom stereocenters. The fraction of sp³-hybridized carbons (Fsp3) is 0.737. The van der Waals surface area contributed by atoms with E-state index in [1.165, 1.54) is 109 Å². The van der Waals surface area contributed by atoms with E-state index in [-0.39, 0.29) is 32.2 Å². The number of hydrogen-bond donors (Lipinski definition) is 1. The number of carbonyl (C=O) groups excluding carboxylic acids is 1. The summed E-state index contributed by atoms with van der Waals surface area (Å²) in [5.41, 5.74) is 0. The van der Waals surface area contributed by atoms with E-state index in [1.807, 2.05) is 21.1 Å². The number of hydrogen-bond acceptors (Lipinski definition) is 6. The fourth-order valence-corrected chi connectivity index (χ4v) is 7.86. The average molecular weight is 945 g/mol. The van der Waals surface area contributed by atoms with Crippen LogP contribution in [-0.2, 0) is 27.9 Å². The van der Waals surface area contributed by atoms with Crippen LogP contribution >= 0.6 is 7.82 Å². The number of allylic oxidation sites excluding steroid dienone is 14. The minimum Gasteiger partial charge on any atom is -0.457 e. The molecule has 0 heterocycles. The Bertz CT molecular complexity index is 1330. The van der Waals surface area contributed by atoms with Gasteiger partial charge in [-0.2, -0.15) is 0 Å². The van der Waals surface area contributed by atoms with Crippen molar-refractivity contribution in [3.8, 4) is 0 Å². The maximum absolute atomic E-state index is 12.8. The number of quaternary nitrogens is 1. The molecule has 8 nitrogen and oxygen atoms in total. The van der Waals surface area contributed by atoms with Gasteiger partial charge in [-0.25, -0.2) is 4.57 Å². The summed E-state index contributed by atoms with van der Waals surface area (Å²) < 4.78 is 35.2. The third-order valence-corrected chi connectivity index (χ3v) is 12.2. The quantitative estimate of drug-likeness (QED) is 0.0214. The molecule has 0 rings (SSSR count). The molecule has 0 aromatic heterocycles. The average Bonchev–Trinajstić information content (AvgIpc) is 3.28. The van der Waals surface area contributed by atoms with Crippen LogP contribution in [0.15, 0.2) is 85.1 Å². The maximum atomic E-state index is 12.8. The summed E-state index contributed by atoms with van der Waals surface area (Å²) in [6, 6.07) is 0. The first kappa shape index (κ1) is 63.7. The lowest BCUT2D eigenvalue weighted by atomic mass is 10.0. The molecule has 0 aliphatic rings. The van der Waals surface area contributed by atoms with Crippen molar-refractivity contribution in [2.24, 2.45) is 0 Å². The van der Waals surface area contributed by atoms with Crippen LogP contribution in [0.3, 0.4) is 0 Å². The van der Waals surface area contributed by atoms with Gasteiger partial charge in [0.1, 0.15) is 19.3 Å². The zero-order valence-electron chi connectivity index (χ0n) is 43.4. The van der Waals surface area contributed by atoms with E-state index in [0.29, 0.717) is 17.6 Å². The lowest BCUT2D eigenvalue weighted by Gasteiger charge is -2.24. The zero-order chi connectivity index (χ0) is 48.3. The second kappa shape index (κ2) is 49.1. The van der Waals surface area contributed by atoms with Gasteiger partial charge in [0.2, 0.25) is 0 Å². The molecule has 0 spiro atoms. The van der Waals surface area contributed by atoms with E-state index >= 15 is 0 Å². The largest absolute Gasteiger partial charge is 0.472 e. The van der Waals surface area contributed by atoms with Crippen molar-refractivity contribution in [3.63, 3.8) is 0 Å². The van der Waals surface area contributed by atoms with Gasteiger partial charge in [-0.05, 0) is 70.6 Å². The molecule has 382 valence electrons. The van der Waals surface area contributed by atoms with Crippen LogP contribution in [0.25, 0.3) is 0 Å². The van der Waals surface area contributed by atoms with Crippen molar-refractivity contribution in [2.75, 3.05) is 54.1 Å². The first-order valence-electron chi connectivity index (χ1n) is 26.8. The van der Waals surface area contributed by atoms with Crippen molar-refractivity contribution in [1.29, 1.82) is 0 Å². The maximum Gasteiger partial charge on any atom is 0.472 e. The molecule has 9 heteroatoms. The zero-order valence-corrected chi connectivity index (χ0v) is 44.3. The van der Waals surface area contributed by atoms with E-state index in [2.05, 4.69) is 98.9 Å². The molecule has 0 aromatic rings. The Morgan fingerprint density at radius 3 is 1.30 bits per heavy atom. The van der Waals surface area contributed by atoms with Crippen LogP contribution in [0.4, 0.5) is 0 Å². The highest BCUT2D eigenvalue weighted by Crippen LogP contribution is 2.43. The number of nitrogens with zero attached hydrogens (tertiary/aromatic N) is 1. The molecular weight excluding hydrogens is 842 g/mol. The summed E-state index contributed by atoms with van der Waals surface area (Å²) in [4.78, 5) is 23.0. The highest BCUT2D eigenvalue weighted by atomic mass is 31.2. The molecular formula is C57H103NO7P+. The van der Waals surface area contributed by atoms with Crippen LogP contribution in [0.1, 0.15) is 213 Å². The fourth-order valence-electron chi connectivity index (χ4n) is 7.12. The second-order valence-electron chi connectivity index (χ2n) is 18.9. The van der Waals surface area contributed by atoms with Crippen molar-refractivity contribution >= 4 is 13.8 Å². The van der Waals surface area contributed by atoms with Gasteiger partial charge in [0.25, 0.3) is 0 Å². The first-order valence-corrected chi connectivity index (χ1v) is 28.3. The number of likely N-dealkylation sites (N-methyl/N-ethyl adjacent to an activating group) is 1. The van der Waals surface area contributed by atoms with Gasteiger partial charge in [-0.1, -0.05) is 221 Å². The summed E-state index contributed by atoms with van der Waals surface area (Å²) in [5, 5.41) is 0. The van der Waals surface area contributed by atoms with Crippen LogP contribution in [0, 0.1) is 0 Å². The minimum atomic E-state index is -4.30. The highest BCUT2D eigenvalue weighted by molar-refractivity contribution is 7.47. The van der Waals surface area contributed by atoms with Crippen molar-refractivity contribution in [1.82, 2.24) is 0 Å². The first-order chi connectivity index (χ1) is 32.1. The van der Waals surface area contributed by atoms with Crippen molar-refractivity contribution in [3.05, 3.63) is 85.1 Å². The Labute approximate surface area is 407 Å². The van der Waals surface area contributed by atoms with Crippen LogP contribution in [-0.4, -0.2) is 75.6 Å². The van der Waals surface area contributed by atoms with Gasteiger partial charge < -0.3 is 18.9 Å². The van der Waals surface area contributed by atoms with E-state index in [9.17, 15) is 14.3 Å². The molecule has 0 saturated heterocycles. The minimum absolute atomic E-state index is 0.0787. The molecule has 1 N–H and O–H groups in total. The summed E-state index contributed by atoms with van der Waals surface area (Å²) in [6.07, 6.45) is 66.4. The topological polar surface area (TPSA) is 91.3 Å². The Hall–Kier alpha value is -2.32. The van der Waals surface area contributed by atoms with Gasteiger partial charge in [-0.3, -0.25) is 13.8 Å². The molecule has 0 radical (unpaired) electrons. The number of ether oxygens (including phenoxy) is 2. The molecule has 0 aromatic carbocycles. The number of phosphoric acid groups is 1. The Balaban J connectivity index is 4.22. The normalized spacial score (nSPS) is 14.2. The molecule has 0 fully saturated rings. The van der Waals surface area contributed by atoms with Crippen LogP contribution in [0.2, 0.25) is 0 Å². The SMILES string of the molecule is CC/C=C\C/C=C\C/C=C\C/C=C\C/C=C\C/C=C\C/C=C\CCCCCC(=O)OC(COCCCCCCCCCCCCCCCCCCCCC)COP(=O)(O)OCC[N+](C)(C)C. The molecule has 0 bridgehead atoms. The number of esters is 1. The summed E-state index contributed by atoms with van der Waals surface area (Å²) in [7, 11) is 1.64. The molecule has 2 atom stereocenters. The number of rotatable bonds is 49.